The van der Waals surface area contributed by atoms with Gasteiger partial charge in [0.15, 0.2) is 6.61 Å². The SMILES string of the molecule is CCCNC(=O)C(C)N(Cc1ccc(Cl)cc1)C(=O)COc1ccc(S(=O)(=O)N2CCOCC2)cc1. The highest BCUT2D eigenvalue weighted by Crippen LogP contribution is 2.21. The fourth-order valence-corrected chi connectivity index (χ4v) is 5.17. The summed E-state index contributed by atoms with van der Waals surface area (Å²) in [6, 6.07) is 12.3. The fraction of sp³-hybridized carbons (Fsp3) is 0.440. The molecule has 9 nitrogen and oxygen atoms in total. The third kappa shape index (κ3) is 7.42. The first kappa shape index (κ1) is 27.9. The molecule has 0 aromatic heterocycles. The smallest absolute Gasteiger partial charge is 0.261 e. The van der Waals surface area contributed by atoms with Crippen LogP contribution in [-0.2, 0) is 30.9 Å². The van der Waals surface area contributed by atoms with Gasteiger partial charge in [-0.15, -0.1) is 0 Å². The maximum atomic E-state index is 13.1. The number of nitrogens with zero attached hydrogens (tertiary/aromatic N) is 2. The molecule has 0 radical (unpaired) electrons. The Kier molecular flexibility index (Phi) is 10.1. The van der Waals surface area contributed by atoms with Crippen LogP contribution >= 0.6 is 11.6 Å². The van der Waals surface area contributed by atoms with Crippen LogP contribution in [0.4, 0.5) is 0 Å². The summed E-state index contributed by atoms with van der Waals surface area (Å²) in [6.07, 6.45) is 0.782. The number of hydrogen-bond donors (Lipinski definition) is 1. The minimum Gasteiger partial charge on any atom is -0.484 e. The molecule has 1 fully saturated rings. The standard InChI is InChI=1S/C25H32ClN3O6S/c1-3-12-27-25(31)19(2)29(17-20-4-6-21(26)7-5-20)24(30)18-35-22-8-10-23(11-9-22)36(32,33)28-13-15-34-16-14-28/h4-11,19H,3,12-18H2,1-2H3,(H,27,31). The summed E-state index contributed by atoms with van der Waals surface area (Å²) >= 11 is 5.97. The number of benzene rings is 2. The second kappa shape index (κ2) is 13.0. The van der Waals surface area contributed by atoms with Gasteiger partial charge in [0.2, 0.25) is 15.9 Å². The third-order valence-corrected chi connectivity index (χ3v) is 7.94. The average Bonchev–Trinajstić information content (AvgIpc) is 2.90. The van der Waals surface area contributed by atoms with Crippen LogP contribution in [0, 0.1) is 0 Å². The second-order valence-corrected chi connectivity index (χ2v) is 10.8. The van der Waals surface area contributed by atoms with E-state index >= 15 is 0 Å². The van der Waals surface area contributed by atoms with E-state index in [1.54, 1.807) is 31.2 Å². The predicted octanol–water partition coefficient (Wildman–Crippen LogP) is 2.68. The van der Waals surface area contributed by atoms with Gasteiger partial charge in [0.1, 0.15) is 11.8 Å². The van der Waals surface area contributed by atoms with E-state index in [2.05, 4.69) is 5.32 Å². The molecule has 11 heteroatoms. The van der Waals surface area contributed by atoms with Crippen molar-refractivity contribution in [1.29, 1.82) is 0 Å². The summed E-state index contributed by atoms with van der Waals surface area (Å²) in [5.41, 5.74) is 0.820. The van der Waals surface area contributed by atoms with E-state index < -0.39 is 16.1 Å². The number of hydrogen-bond acceptors (Lipinski definition) is 6. The van der Waals surface area contributed by atoms with Gasteiger partial charge in [-0.3, -0.25) is 9.59 Å². The molecule has 2 aromatic rings. The van der Waals surface area contributed by atoms with Gasteiger partial charge in [-0.1, -0.05) is 30.7 Å². The van der Waals surface area contributed by atoms with E-state index in [9.17, 15) is 18.0 Å². The lowest BCUT2D eigenvalue weighted by Gasteiger charge is -2.28. The molecule has 1 unspecified atom stereocenters. The van der Waals surface area contributed by atoms with Crippen LogP contribution in [0.2, 0.25) is 5.02 Å². The van der Waals surface area contributed by atoms with Crippen molar-refractivity contribution in [3.05, 3.63) is 59.1 Å². The fourth-order valence-electron chi connectivity index (χ4n) is 3.64. The Bertz CT molecular complexity index is 1120. The molecule has 2 amide bonds. The number of halogens is 1. The minimum absolute atomic E-state index is 0.147. The van der Waals surface area contributed by atoms with E-state index in [1.165, 1.54) is 33.5 Å². The van der Waals surface area contributed by atoms with Crippen molar-refractivity contribution < 1.29 is 27.5 Å². The van der Waals surface area contributed by atoms with Crippen LogP contribution in [0.5, 0.6) is 5.75 Å². The second-order valence-electron chi connectivity index (χ2n) is 8.39. The number of rotatable bonds is 11. The molecule has 1 aliphatic heterocycles. The predicted molar refractivity (Wildman–Crippen MR) is 136 cm³/mol. The van der Waals surface area contributed by atoms with Gasteiger partial charge in [-0.05, 0) is 55.3 Å². The van der Waals surface area contributed by atoms with E-state index in [0.29, 0.717) is 43.6 Å². The first-order chi connectivity index (χ1) is 17.2. The van der Waals surface area contributed by atoms with Crippen LogP contribution in [0.1, 0.15) is 25.8 Å². The van der Waals surface area contributed by atoms with Crippen LogP contribution in [-0.4, -0.2) is 74.9 Å². The van der Waals surface area contributed by atoms with Gasteiger partial charge in [0.25, 0.3) is 5.91 Å². The van der Waals surface area contributed by atoms with Crippen LogP contribution in [0.25, 0.3) is 0 Å². The Hall–Kier alpha value is -2.66. The van der Waals surface area contributed by atoms with Gasteiger partial charge in [0, 0.05) is 31.2 Å². The average molecular weight is 538 g/mol. The largest absolute Gasteiger partial charge is 0.484 e. The lowest BCUT2D eigenvalue weighted by atomic mass is 10.1. The van der Waals surface area contributed by atoms with Crippen molar-refractivity contribution in [2.75, 3.05) is 39.5 Å². The number of carbonyl (C=O) groups is 2. The van der Waals surface area contributed by atoms with Crippen molar-refractivity contribution in [3.8, 4) is 5.75 Å². The molecular formula is C25H32ClN3O6S. The molecule has 2 aromatic carbocycles. The van der Waals surface area contributed by atoms with Crippen molar-refractivity contribution in [3.63, 3.8) is 0 Å². The molecular weight excluding hydrogens is 506 g/mol. The van der Waals surface area contributed by atoms with Crippen LogP contribution in [0.15, 0.2) is 53.4 Å². The van der Waals surface area contributed by atoms with Crippen molar-refractivity contribution in [2.24, 2.45) is 0 Å². The topological polar surface area (TPSA) is 105 Å². The molecule has 196 valence electrons. The molecule has 36 heavy (non-hydrogen) atoms. The summed E-state index contributed by atoms with van der Waals surface area (Å²) in [5.74, 6) is -0.287. The molecule has 3 rings (SSSR count). The van der Waals surface area contributed by atoms with Crippen LogP contribution < -0.4 is 10.1 Å². The Labute approximate surface area is 217 Å². The van der Waals surface area contributed by atoms with Gasteiger partial charge in [-0.2, -0.15) is 4.31 Å². The molecule has 1 saturated heterocycles. The lowest BCUT2D eigenvalue weighted by molar-refractivity contribution is -0.142. The number of ether oxygens (including phenoxy) is 2. The highest BCUT2D eigenvalue weighted by molar-refractivity contribution is 7.89. The number of amides is 2. The molecule has 1 N–H and O–H groups in total. The van der Waals surface area contributed by atoms with E-state index in [0.717, 1.165) is 12.0 Å². The molecule has 1 aliphatic rings. The van der Waals surface area contributed by atoms with Crippen LogP contribution in [0.3, 0.4) is 0 Å². The zero-order chi connectivity index (χ0) is 26.1. The quantitative estimate of drug-likeness (QED) is 0.472. The van der Waals surface area contributed by atoms with E-state index in [4.69, 9.17) is 21.1 Å². The Morgan fingerprint density at radius 1 is 1.11 bits per heavy atom. The monoisotopic (exact) mass is 537 g/mol. The Balaban J connectivity index is 1.67. The normalized spacial score (nSPS) is 15.2. The lowest BCUT2D eigenvalue weighted by Crippen LogP contribution is -2.49. The minimum atomic E-state index is -3.62. The zero-order valence-electron chi connectivity index (χ0n) is 20.5. The van der Waals surface area contributed by atoms with Gasteiger partial charge in [-0.25, -0.2) is 8.42 Å². The molecule has 0 bridgehead atoms. The first-order valence-electron chi connectivity index (χ1n) is 11.8. The number of carbonyl (C=O) groups excluding carboxylic acids is 2. The maximum absolute atomic E-state index is 13.1. The summed E-state index contributed by atoms with van der Waals surface area (Å²) in [4.78, 5) is 27.3. The van der Waals surface area contributed by atoms with Gasteiger partial charge in [0.05, 0.1) is 18.1 Å². The molecule has 1 atom stereocenters. The third-order valence-electron chi connectivity index (χ3n) is 5.78. The molecule has 0 spiro atoms. The number of sulfonamides is 1. The van der Waals surface area contributed by atoms with E-state index in [1.807, 2.05) is 6.92 Å². The Morgan fingerprint density at radius 2 is 1.75 bits per heavy atom. The molecule has 0 saturated carbocycles. The van der Waals surface area contributed by atoms with Gasteiger partial charge < -0.3 is 19.7 Å². The van der Waals surface area contributed by atoms with Gasteiger partial charge >= 0.3 is 0 Å². The summed E-state index contributed by atoms with van der Waals surface area (Å²) in [6.45, 7) is 5.38. The zero-order valence-corrected chi connectivity index (χ0v) is 22.1. The first-order valence-corrected chi connectivity index (χ1v) is 13.7. The summed E-state index contributed by atoms with van der Waals surface area (Å²) in [7, 11) is -3.62. The highest BCUT2D eigenvalue weighted by atomic mass is 35.5. The van der Waals surface area contributed by atoms with Crippen molar-refractivity contribution >= 4 is 33.4 Å². The van der Waals surface area contributed by atoms with Crippen molar-refractivity contribution in [1.82, 2.24) is 14.5 Å². The van der Waals surface area contributed by atoms with Crippen molar-refractivity contribution in [2.45, 2.75) is 37.8 Å². The number of morpholine rings is 1. The highest BCUT2D eigenvalue weighted by Gasteiger charge is 2.28. The molecule has 0 aliphatic carbocycles. The maximum Gasteiger partial charge on any atom is 0.261 e. The Morgan fingerprint density at radius 3 is 2.36 bits per heavy atom. The summed E-state index contributed by atoms with van der Waals surface area (Å²) < 4.78 is 37.8. The van der Waals surface area contributed by atoms with E-state index in [-0.39, 0.29) is 29.9 Å². The number of nitrogens with one attached hydrogen (secondary N) is 1. The molecule has 1 heterocycles. The summed E-state index contributed by atoms with van der Waals surface area (Å²) in [5, 5.41) is 3.40.